The lowest BCUT2D eigenvalue weighted by Gasteiger charge is -2.35. The summed E-state index contributed by atoms with van der Waals surface area (Å²) < 4.78 is 0. The maximum Gasteiger partial charge on any atom is 0.0517 e. The largest absolute Gasteiger partial charge is 0.393 e. The molecule has 0 amide bonds. The summed E-state index contributed by atoms with van der Waals surface area (Å²) in [5, 5.41) is 13.3. The van der Waals surface area contributed by atoms with Crippen molar-refractivity contribution in [2.24, 2.45) is 5.41 Å². The second-order valence-corrected chi connectivity index (χ2v) is 7.63. The summed E-state index contributed by atoms with van der Waals surface area (Å²) >= 11 is 0. The van der Waals surface area contributed by atoms with Crippen LogP contribution in [0.1, 0.15) is 45.6 Å². The predicted octanol–water partition coefficient (Wildman–Crippen LogP) is 3.04. The summed E-state index contributed by atoms with van der Waals surface area (Å²) in [5.74, 6) is 0. The highest BCUT2D eigenvalue weighted by molar-refractivity contribution is 5.14. The van der Waals surface area contributed by atoms with E-state index in [2.05, 4.69) is 54.4 Å². The van der Waals surface area contributed by atoms with E-state index >= 15 is 0 Å². The van der Waals surface area contributed by atoms with Crippen LogP contribution in [0.4, 0.5) is 0 Å². The van der Waals surface area contributed by atoms with Crippen LogP contribution < -0.4 is 5.32 Å². The molecule has 0 bridgehead atoms. The Balaban J connectivity index is 1.69. The topological polar surface area (TPSA) is 35.5 Å². The number of hydrogen-bond donors (Lipinski definition) is 2. The molecule has 1 atom stereocenters. The number of nitrogens with zero attached hydrogens (tertiary/aromatic N) is 1. The summed E-state index contributed by atoms with van der Waals surface area (Å²) in [6, 6.07) is 11.4. The fraction of sp³-hybridized carbons (Fsp3) is 0.684. The summed E-state index contributed by atoms with van der Waals surface area (Å²) in [6.07, 6.45) is 3.08. The molecule has 124 valence electrons. The highest BCUT2D eigenvalue weighted by Crippen LogP contribution is 2.22. The van der Waals surface area contributed by atoms with Gasteiger partial charge in [0.2, 0.25) is 0 Å². The van der Waals surface area contributed by atoms with Gasteiger partial charge in [0.05, 0.1) is 6.10 Å². The van der Waals surface area contributed by atoms with Gasteiger partial charge in [0.1, 0.15) is 0 Å². The van der Waals surface area contributed by atoms with Gasteiger partial charge in [-0.15, -0.1) is 0 Å². The van der Waals surface area contributed by atoms with Gasteiger partial charge in [0, 0.05) is 19.1 Å². The van der Waals surface area contributed by atoms with Crippen LogP contribution in [-0.2, 0) is 6.54 Å². The van der Waals surface area contributed by atoms with Gasteiger partial charge in [-0.1, -0.05) is 44.2 Å². The highest BCUT2D eigenvalue weighted by Gasteiger charge is 2.24. The van der Waals surface area contributed by atoms with Gasteiger partial charge >= 0.3 is 0 Å². The van der Waals surface area contributed by atoms with Crippen molar-refractivity contribution in [1.29, 1.82) is 0 Å². The van der Waals surface area contributed by atoms with Crippen LogP contribution in [0.3, 0.4) is 0 Å². The molecule has 0 radical (unpaired) electrons. The van der Waals surface area contributed by atoms with Gasteiger partial charge in [-0.25, -0.2) is 0 Å². The van der Waals surface area contributed by atoms with Gasteiger partial charge in [-0.05, 0) is 50.3 Å². The van der Waals surface area contributed by atoms with Crippen molar-refractivity contribution in [3.8, 4) is 0 Å². The van der Waals surface area contributed by atoms with Crippen molar-refractivity contribution in [3.05, 3.63) is 35.9 Å². The molecule has 3 nitrogen and oxygen atoms in total. The smallest absolute Gasteiger partial charge is 0.0517 e. The summed E-state index contributed by atoms with van der Waals surface area (Å²) in [5.41, 5.74) is 1.57. The minimum absolute atomic E-state index is 0.162. The average Bonchev–Trinajstić information content (AvgIpc) is 2.46. The minimum Gasteiger partial charge on any atom is -0.393 e. The SMILES string of the molecule is CC(O)CC(C)(C)CNC1CCN(Cc2ccccc2)CC1. The Kier molecular flexibility index (Phi) is 6.42. The number of nitrogens with one attached hydrogen (secondary N) is 1. The van der Waals surface area contributed by atoms with Crippen LogP contribution >= 0.6 is 0 Å². The molecule has 3 heteroatoms. The van der Waals surface area contributed by atoms with Crippen molar-refractivity contribution < 1.29 is 5.11 Å². The minimum atomic E-state index is -0.218. The number of piperidine rings is 1. The molecule has 1 aliphatic heterocycles. The first-order chi connectivity index (χ1) is 10.4. The second kappa shape index (κ2) is 8.09. The van der Waals surface area contributed by atoms with Crippen LogP contribution in [0.2, 0.25) is 0 Å². The maximum absolute atomic E-state index is 9.57. The Morgan fingerprint density at radius 3 is 2.45 bits per heavy atom. The van der Waals surface area contributed by atoms with E-state index in [1.165, 1.54) is 31.5 Å². The molecule has 1 aromatic rings. The van der Waals surface area contributed by atoms with E-state index in [1.54, 1.807) is 0 Å². The van der Waals surface area contributed by atoms with Crippen LogP contribution in [-0.4, -0.2) is 41.8 Å². The van der Waals surface area contributed by atoms with E-state index in [4.69, 9.17) is 0 Å². The number of aliphatic hydroxyl groups is 1. The molecule has 2 N–H and O–H groups in total. The second-order valence-electron chi connectivity index (χ2n) is 7.63. The number of hydrogen-bond acceptors (Lipinski definition) is 3. The molecule has 1 heterocycles. The first-order valence-corrected chi connectivity index (χ1v) is 8.62. The summed E-state index contributed by atoms with van der Waals surface area (Å²) in [6.45, 7) is 10.7. The van der Waals surface area contributed by atoms with Gasteiger partial charge in [-0.2, -0.15) is 0 Å². The number of aliphatic hydroxyl groups excluding tert-OH is 1. The van der Waals surface area contributed by atoms with E-state index in [9.17, 15) is 5.11 Å². The van der Waals surface area contributed by atoms with E-state index in [0.717, 1.165) is 19.5 Å². The zero-order chi connectivity index (χ0) is 16.0. The van der Waals surface area contributed by atoms with E-state index in [-0.39, 0.29) is 11.5 Å². The van der Waals surface area contributed by atoms with Crippen molar-refractivity contribution >= 4 is 0 Å². The lowest BCUT2D eigenvalue weighted by Crippen LogP contribution is -2.45. The van der Waals surface area contributed by atoms with Crippen molar-refractivity contribution in [1.82, 2.24) is 10.2 Å². The quantitative estimate of drug-likeness (QED) is 0.813. The zero-order valence-electron chi connectivity index (χ0n) is 14.4. The van der Waals surface area contributed by atoms with E-state index in [1.807, 2.05) is 6.92 Å². The Bertz CT molecular complexity index is 422. The van der Waals surface area contributed by atoms with Crippen molar-refractivity contribution in [2.75, 3.05) is 19.6 Å². The van der Waals surface area contributed by atoms with Crippen LogP contribution in [0, 0.1) is 5.41 Å². The van der Waals surface area contributed by atoms with Crippen molar-refractivity contribution in [2.45, 2.75) is 58.7 Å². The molecule has 0 saturated carbocycles. The number of rotatable bonds is 7. The molecule has 2 rings (SSSR count). The normalized spacial score (nSPS) is 19.3. The van der Waals surface area contributed by atoms with Crippen LogP contribution in [0.25, 0.3) is 0 Å². The first-order valence-electron chi connectivity index (χ1n) is 8.62. The molecule has 22 heavy (non-hydrogen) atoms. The summed E-state index contributed by atoms with van der Waals surface area (Å²) in [4.78, 5) is 2.55. The molecule has 0 aromatic heterocycles. The Morgan fingerprint density at radius 2 is 1.86 bits per heavy atom. The monoisotopic (exact) mass is 304 g/mol. The lowest BCUT2D eigenvalue weighted by molar-refractivity contribution is 0.121. The standard InChI is InChI=1S/C19H32N2O/c1-16(22)13-19(2,3)15-20-18-9-11-21(12-10-18)14-17-7-5-4-6-8-17/h4-8,16,18,20,22H,9-15H2,1-3H3. The third-order valence-electron chi connectivity index (χ3n) is 4.55. The molecule has 1 unspecified atom stereocenters. The average molecular weight is 304 g/mol. The molecule has 1 fully saturated rings. The van der Waals surface area contributed by atoms with Crippen molar-refractivity contribution in [3.63, 3.8) is 0 Å². The molecule has 1 aromatic carbocycles. The predicted molar refractivity (Wildman–Crippen MR) is 92.8 cm³/mol. The molecule has 0 spiro atoms. The number of likely N-dealkylation sites (tertiary alicyclic amines) is 1. The third-order valence-corrected chi connectivity index (χ3v) is 4.55. The fourth-order valence-electron chi connectivity index (χ4n) is 3.43. The third kappa shape index (κ3) is 6.07. The fourth-order valence-corrected chi connectivity index (χ4v) is 3.43. The number of benzene rings is 1. The highest BCUT2D eigenvalue weighted by atomic mass is 16.3. The van der Waals surface area contributed by atoms with Crippen LogP contribution in [0.15, 0.2) is 30.3 Å². The Hall–Kier alpha value is -0.900. The molecule has 1 aliphatic rings. The lowest BCUT2D eigenvalue weighted by atomic mass is 9.86. The van der Waals surface area contributed by atoms with Gasteiger partial charge in [-0.3, -0.25) is 4.90 Å². The molecular formula is C19H32N2O. The first kappa shape index (κ1) is 17.5. The van der Waals surface area contributed by atoms with Crippen LogP contribution in [0.5, 0.6) is 0 Å². The molecule has 0 aliphatic carbocycles. The van der Waals surface area contributed by atoms with Gasteiger partial charge in [0.25, 0.3) is 0 Å². The van der Waals surface area contributed by atoms with Gasteiger partial charge < -0.3 is 10.4 Å². The van der Waals surface area contributed by atoms with E-state index < -0.39 is 0 Å². The Morgan fingerprint density at radius 1 is 1.23 bits per heavy atom. The summed E-state index contributed by atoms with van der Waals surface area (Å²) in [7, 11) is 0. The zero-order valence-corrected chi connectivity index (χ0v) is 14.4. The maximum atomic E-state index is 9.57. The van der Waals surface area contributed by atoms with Gasteiger partial charge in [0.15, 0.2) is 0 Å². The van der Waals surface area contributed by atoms with E-state index in [0.29, 0.717) is 6.04 Å². The molecular weight excluding hydrogens is 272 g/mol. The Labute approximate surface area is 135 Å². The molecule has 1 saturated heterocycles.